The maximum absolute atomic E-state index is 12.7. The number of hydrazone groups is 1. The summed E-state index contributed by atoms with van der Waals surface area (Å²) < 4.78 is 38.1. The molecule has 0 atom stereocenters. The van der Waals surface area contributed by atoms with Crippen LogP contribution >= 0.6 is 11.6 Å². The third kappa shape index (κ3) is 5.05. The molecule has 0 radical (unpaired) electrons. The molecule has 0 fully saturated rings. The van der Waals surface area contributed by atoms with Crippen molar-refractivity contribution in [2.24, 2.45) is 10.3 Å². The van der Waals surface area contributed by atoms with Crippen LogP contribution < -0.4 is 5.43 Å². The van der Waals surface area contributed by atoms with Crippen molar-refractivity contribution in [2.75, 3.05) is 0 Å². The van der Waals surface area contributed by atoms with Crippen LogP contribution in [0.25, 0.3) is 0 Å². The zero-order valence-corrected chi connectivity index (χ0v) is 13.2. The summed E-state index contributed by atoms with van der Waals surface area (Å²) in [7, 11) is 0. The molecule has 130 valence electrons. The second kappa shape index (κ2) is 7.80. The highest BCUT2D eigenvalue weighted by molar-refractivity contribution is 6.39. The Morgan fingerprint density at radius 2 is 1.80 bits per heavy atom. The topological polar surface area (TPSA) is 74.0 Å². The van der Waals surface area contributed by atoms with Gasteiger partial charge in [-0.1, -0.05) is 35.0 Å². The lowest BCUT2D eigenvalue weighted by Crippen LogP contribution is -2.21. The molecular weight excluding hydrogens is 359 g/mol. The Kier molecular flexibility index (Phi) is 5.76. The van der Waals surface area contributed by atoms with Crippen LogP contribution in [-0.4, -0.2) is 23.0 Å². The van der Waals surface area contributed by atoms with Gasteiger partial charge >= 0.3 is 6.18 Å². The summed E-state index contributed by atoms with van der Waals surface area (Å²) in [6, 6.07) is 10.3. The largest absolute Gasteiger partial charge is 0.416 e. The summed E-state index contributed by atoms with van der Waals surface area (Å²) in [5.74, 6) is -0.850. The van der Waals surface area contributed by atoms with Crippen molar-refractivity contribution in [3.8, 4) is 0 Å². The molecule has 2 N–H and O–H groups in total. The number of carbonyl (C=O) groups excluding carboxylic acids is 1. The van der Waals surface area contributed by atoms with E-state index in [2.05, 4.69) is 15.7 Å². The number of alkyl halides is 3. The van der Waals surface area contributed by atoms with Gasteiger partial charge in [0.05, 0.1) is 11.8 Å². The molecule has 0 aliphatic heterocycles. The summed E-state index contributed by atoms with van der Waals surface area (Å²) >= 11 is 5.85. The first-order valence-corrected chi connectivity index (χ1v) is 7.17. The van der Waals surface area contributed by atoms with E-state index in [1.54, 1.807) is 18.2 Å². The molecule has 0 aromatic heterocycles. The van der Waals surface area contributed by atoms with Gasteiger partial charge in [0.2, 0.25) is 0 Å². The zero-order chi connectivity index (χ0) is 18.4. The van der Waals surface area contributed by atoms with Gasteiger partial charge in [0.25, 0.3) is 5.91 Å². The molecule has 0 spiro atoms. The third-order valence-corrected chi connectivity index (χ3v) is 3.27. The number of nitrogens with one attached hydrogen (secondary N) is 1. The molecule has 5 nitrogen and oxygen atoms in total. The fourth-order valence-corrected chi connectivity index (χ4v) is 2.07. The number of halogens is 4. The number of hydrogen-bond acceptors (Lipinski definition) is 4. The fraction of sp³-hybridized carbons (Fsp3) is 0.0625. The maximum Gasteiger partial charge on any atom is 0.416 e. The SMILES string of the molecule is O=C(NN=C(C=NO)c1cccc(Cl)c1)c1cccc(C(F)(F)F)c1. The Labute approximate surface area is 145 Å². The van der Waals surface area contributed by atoms with Crippen LogP contribution in [0.1, 0.15) is 21.5 Å². The molecule has 0 saturated carbocycles. The van der Waals surface area contributed by atoms with Crippen molar-refractivity contribution in [2.45, 2.75) is 6.18 Å². The van der Waals surface area contributed by atoms with Gasteiger partial charge in [-0.25, -0.2) is 5.43 Å². The molecule has 0 unspecified atom stereocenters. The van der Waals surface area contributed by atoms with E-state index in [-0.39, 0.29) is 11.3 Å². The first-order chi connectivity index (χ1) is 11.8. The van der Waals surface area contributed by atoms with E-state index >= 15 is 0 Å². The molecule has 0 bridgehead atoms. The highest BCUT2D eigenvalue weighted by Crippen LogP contribution is 2.29. The predicted molar refractivity (Wildman–Crippen MR) is 87.2 cm³/mol. The van der Waals surface area contributed by atoms with Crippen LogP contribution in [0.4, 0.5) is 13.2 Å². The fourth-order valence-electron chi connectivity index (χ4n) is 1.88. The van der Waals surface area contributed by atoms with E-state index < -0.39 is 17.6 Å². The van der Waals surface area contributed by atoms with Gasteiger partial charge in [-0.3, -0.25) is 4.79 Å². The summed E-state index contributed by atoms with van der Waals surface area (Å²) in [5, 5.41) is 15.7. The van der Waals surface area contributed by atoms with Crippen LogP contribution in [0.5, 0.6) is 0 Å². The molecule has 0 aliphatic carbocycles. The summed E-state index contributed by atoms with van der Waals surface area (Å²) in [6.45, 7) is 0. The second-order valence-corrected chi connectivity index (χ2v) is 5.21. The number of oxime groups is 1. The van der Waals surface area contributed by atoms with Gasteiger partial charge in [-0.05, 0) is 30.3 Å². The second-order valence-electron chi connectivity index (χ2n) is 4.77. The molecule has 1 amide bonds. The number of rotatable bonds is 4. The molecule has 2 rings (SSSR count). The minimum absolute atomic E-state index is 0.0605. The summed E-state index contributed by atoms with van der Waals surface area (Å²) in [5.41, 5.74) is 1.45. The van der Waals surface area contributed by atoms with E-state index in [1.165, 1.54) is 12.1 Å². The lowest BCUT2D eigenvalue weighted by Gasteiger charge is -2.08. The monoisotopic (exact) mass is 369 g/mol. The lowest BCUT2D eigenvalue weighted by molar-refractivity contribution is -0.137. The van der Waals surface area contributed by atoms with Gasteiger partial charge < -0.3 is 5.21 Å². The highest BCUT2D eigenvalue weighted by Gasteiger charge is 2.30. The summed E-state index contributed by atoms with van der Waals surface area (Å²) in [6.07, 6.45) is -3.60. The lowest BCUT2D eigenvalue weighted by atomic mass is 10.1. The molecule has 2 aromatic rings. The standard InChI is InChI=1S/C16H11ClF3N3O2/c17-13-6-2-3-10(8-13)14(9-21-25)22-23-15(24)11-4-1-5-12(7-11)16(18,19)20/h1-9,25H,(H,23,24). The molecular formula is C16H11ClF3N3O2. The first kappa shape index (κ1) is 18.5. The van der Waals surface area contributed by atoms with Gasteiger partial charge in [0, 0.05) is 16.1 Å². The quantitative estimate of drug-likeness (QED) is 0.486. The van der Waals surface area contributed by atoms with E-state index in [4.69, 9.17) is 16.8 Å². The van der Waals surface area contributed by atoms with Gasteiger partial charge in [0.1, 0.15) is 5.71 Å². The Morgan fingerprint density at radius 3 is 2.44 bits per heavy atom. The molecule has 0 heterocycles. The van der Waals surface area contributed by atoms with E-state index in [9.17, 15) is 18.0 Å². The molecule has 0 aliphatic rings. The van der Waals surface area contributed by atoms with Crippen LogP contribution in [0.3, 0.4) is 0 Å². The zero-order valence-electron chi connectivity index (χ0n) is 12.5. The minimum Gasteiger partial charge on any atom is -0.411 e. The van der Waals surface area contributed by atoms with Crippen LogP contribution in [0.15, 0.2) is 58.8 Å². The van der Waals surface area contributed by atoms with Gasteiger partial charge in [-0.2, -0.15) is 18.3 Å². The minimum atomic E-state index is -4.56. The molecule has 9 heteroatoms. The number of carbonyl (C=O) groups is 1. The third-order valence-electron chi connectivity index (χ3n) is 3.03. The number of hydrogen-bond donors (Lipinski definition) is 2. The van der Waals surface area contributed by atoms with E-state index in [1.807, 2.05) is 0 Å². The highest BCUT2D eigenvalue weighted by atomic mass is 35.5. The number of nitrogens with zero attached hydrogens (tertiary/aromatic N) is 2. The Bertz CT molecular complexity index is 835. The van der Waals surface area contributed by atoms with Gasteiger partial charge in [-0.15, -0.1) is 0 Å². The Balaban J connectivity index is 2.25. The van der Waals surface area contributed by atoms with E-state index in [0.717, 1.165) is 18.3 Å². The molecule has 25 heavy (non-hydrogen) atoms. The van der Waals surface area contributed by atoms with Crippen molar-refractivity contribution < 1.29 is 23.2 Å². The smallest absolute Gasteiger partial charge is 0.411 e. The van der Waals surface area contributed by atoms with Crippen molar-refractivity contribution in [3.63, 3.8) is 0 Å². The average molecular weight is 370 g/mol. The number of amides is 1. The molecule has 2 aromatic carbocycles. The van der Waals surface area contributed by atoms with E-state index in [0.29, 0.717) is 16.7 Å². The normalized spacial score (nSPS) is 12.4. The first-order valence-electron chi connectivity index (χ1n) is 6.80. The predicted octanol–water partition coefficient (Wildman–Crippen LogP) is 3.95. The Hall–Kier alpha value is -2.87. The molecule has 0 saturated heterocycles. The van der Waals surface area contributed by atoms with Crippen molar-refractivity contribution in [1.82, 2.24) is 5.43 Å². The van der Waals surface area contributed by atoms with Crippen LogP contribution in [0.2, 0.25) is 5.02 Å². The number of benzene rings is 2. The van der Waals surface area contributed by atoms with Crippen LogP contribution in [-0.2, 0) is 6.18 Å². The van der Waals surface area contributed by atoms with Crippen molar-refractivity contribution in [1.29, 1.82) is 0 Å². The Morgan fingerprint density at radius 1 is 1.12 bits per heavy atom. The van der Waals surface area contributed by atoms with Crippen LogP contribution in [0, 0.1) is 0 Å². The van der Waals surface area contributed by atoms with Crippen molar-refractivity contribution >= 4 is 29.4 Å². The van der Waals surface area contributed by atoms with Crippen molar-refractivity contribution in [3.05, 3.63) is 70.2 Å². The average Bonchev–Trinajstić information content (AvgIpc) is 2.57. The van der Waals surface area contributed by atoms with Gasteiger partial charge in [0.15, 0.2) is 0 Å². The summed E-state index contributed by atoms with van der Waals surface area (Å²) in [4.78, 5) is 12.0. The maximum atomic E-state index is 12.7.